The standard InChI is InChI=1S/C41H42FN5O4S/c1-28-11-13-36(14-12-28)52(49,50)47-27-38(34-24-44-46(26-34)25-31-8-6-10-35(42)21-31)37-22-33(23-43-39(37)47)32-9-5-7-30(20-32)19-29-15-17-45(18-16-29)40(48)51-41(2,3)4/h5-14,20-24,26-27,29H,15-19,25H2,1-4H3. The third-order valence-electron chi connectivity index (χ3n) is 9.42. The molecule has 268 valence electrons. The highest BCUT2D eigenvalue weighted by molar-refractivity contribution is 7.90. The first-order valence-electron chi connectivity index (χ1n) is 17.5. The number of carbonyl (C=O) groups excluding carboxylic acids is 1. The molecule has 1 aliphatic heterocycles. The van der Waals surface area contributed by atoms with Crippen LogP contribution in [0.2, 0.25) is 0 Å². The van der Waals surface area contributed by atoms with Crippen LogP contribution in [0.1, 0.15) is 50.3 Å². The number of aromatic nitrogens is 4. The first kappa shape index (κ1) is 35.1. The van der Waals surface area contributed by atoms with Gasteiger partial charge in [-0.2, -0.15) is 5.10 Å². The Balaban J connectivity index is 1.20. The zero-order valence-electron chi connectivity index (χ0n) is 29.8. The number of aryl methyl sites for hydroxylation is 1. The summed E-state index contributed by atoms with van der Waals surface area (Å²) in [6, 6.07) is 23.5. The summed E-state index contributed by atoms with van der Waals surface area (Å²) in [5.74, 6) is 0.117. The average molecular weight is 720 g/mol. The molecule has 52 heavy (non-hydrogen) atoms. The summed E-state index contributed by atoms with van der Waals surface area (Å²) in [7, 11) is -3.98. The minimum absolute atomic E-state index is 0.166. The van der Waals surface area contributed by atoms with Crippen LogP contribution in [-0.4, -0.2) is 56.8 Å². The number of hydrogen-bond acceptors (Lipinski definition) is 6. The predicted octanol–water partition coefficient (Wildman–Crippen LogP) is 8.49. The lowest BCUT2D eigenvalue weighted by molar-refractivity contribution is 0.0184. The quantitative estimate of drug-likeness (QED) is 0.157. The largest absolute Gasteiger partial charge is 0.444 e. The second-order valence-electron chi connectivity index (χ2n) is 14.6. The number of amides is 1. The van der Waals surface area contributed by atoms with E-state index in [1.54, 1.807) is 58.5 Å². The van der Waals surface area contributed by atoms with Crippen LogP contribution in [0.4, 0.5) is 9.18 Å². The Kier molecular flexibility index (Phi) is 9.48. The Morgan fingerprint density at radius 3 is 2.35 bits per heavy atom. The van der Waals surface area contributed by atoms with Crippen LogP contribution in [0.3, 0.4) is 0 Å². The molecule has 0 N–H and O–H groups in total. The van der Waals surface area contributed by atoms with Crippen LogP contribution in [0.5, 0.6) is 0 Å². The zero-order chi connectivity index (χ0) is 36.6. The summed E-state index contributed by atoms with van der Waals surface area (Å²) in [6.45, 7) is 9.25. The maximum Gasteiger partial charge on any atom is 0.410 e. The van der Waals surface area contributed by atoms with E-state index in [0.29, 0.717) is 47.7 Å². The number of rotatable bonds is 8. The number of fused-ring (bicyclic) bond motifs is 1. The molecule has 1 saturated heterocycles. The zero-order valence-corrected chi connectivity index (χ0v) is 30.6. The van der Waals surface area contributed by atoms with Gasteiger partial charge in [-0.05, 0) is 99.9 Å². The van der Waals surface area contributed by atoms with E-state index in [9.17, 15) is 17.6 Å². The van der Waals surface area contributed by atoms with Gasteiger partial charge < -0.3 is 9.64 Å². The number of piperidine rings is 1. The van der Waals surface area contributed by atoms with Crippen molar-refractivity contribution in [3.63, 3.8) is 0 Å². The molecular weight excluding hydrogens is 678 g/mol. The lowest BCUT2D eigenvalue weighted by Crippen LogP contribution is -2.42. The van der Waals surface area contributed by atoms with Crippen molar-refractivity contribution in [1.29, 1.82) is 0 Å². The van der Waals surface area contributed by atoms with Crippen molar-refractivity contribution in [2.45, 2.75) is 64.0 Å². The number of nitrogens with zero attached hydrogens (tertiary/aromatic N) is 5. The van der Waals surface area contributed by atoms with Gasteiger partial charge >= 0.3 is 6.09 Å². The summed E-state index contributed by atoms with van der Waals surface area (Å²) in [5.41, 5.74) is 5.90. The highest BCUT2D eigenvalue weighted by Crippen LogP contribution is 2.35. The molecule has 0 atom stereocenters. The van der Waals surface area contributed by atoms with Crippen molar-refractivity contribution < 1.29 is 22.3 Å². The van der Waals surface area contributed by atoms with Crippen molar-refractivity contribution >= 4 is 27.1 Å². The topological polar surface area (TPSA) is 99.3 Å². The minimum atomic E-state index is -3.98. The normalized spacial score (nSPS) is 14.2. The van der Waals surface area contributed by atoms with E-state index in [1.165, 1.54) is 21.7 Å². The molecule has 9 nitrogen and oxygen atoms in total. The number of hydrogen-bond donors (Lipinski definition) is 0. The van der Waals surface area contributed by atoms with Crippen molar-refractivity contribution in [2.75, 3.05) is 13.1 Å². The van der Waals surface area contributed by atoms with Gasteiger partial charge in [0.1, 0.15) is 11.4 Å². The van der Waals surface area contributed by atoms with E-state index >= 15 is 0 Å². The number of ether oxygens (including phenoxy) is 1. The highest BCUT2D eigenvalue weighted by Gasteiger charge is 2.27. The number of benzene rings is 3. The molecule has 0 radical (unpaired) electrons. The molecule has 1 aliphatic rings. The van der Waals surface area contributed by atoms with Crippen LogP contribution in [0.25, 0.3) is 33.3 Å². The Morgan fingerprint density at radius 1 is 0.885 bits per heavy atom. The van der Waals surface area contributed by atoms with Crippen molar-refractivity contribution in [1.82, 2.24) is 23.6 Å². The molecule has 0 aliphatic carbocycles. The van der Waals surface area contributed by atoms with Gasteiger partial charge in [-0.25, -0.2) is 26.6 Å². The summed E-state index contributed by atoms with van der Waals surface area (Å²) in [6.07, 6.45) is 9.29. The van der Waals surface area contributed by atoms with Crippen LogP contribution in [0, 0.1) is 18.7 Å². The third kappa shape index (κ3) is 7.64. The van der Waals surface area contributed by atoms with Crippen LogP contribution in [-0.2, 0) is 27.7 Å². The fourth-order valence-corrected chi connectivity index (χ4v) is 8.07. The Hall–Kier alpha value is -5.29. The van der Waals surface area contributed by atoms with E-state index in [2.05, 4.69) is 17.2 Å². The maximum absolute atomic E-state index is 14.0. The van der Waals surface area contributed by atoms with Gasteiger partial charge in [0.2, 0.25) is 0 Å². The summed E-state index contributed by atoms with van der Waals surface area (Å²) < 4.78 is 50.5. The lowest BCUT2D eigenvalue weighted by Gasteiger charge is -2.33. The van der Waals surface area contributed by atoms with Gasteiger partial charge in [-0.15, -0.1) is 0 Å². The van der Waals surface area contributed by atoms with E-state index < -0.39 is 15.6 Å². The first-order chi connectivity index (χ1) is 24.8. The van der Waals surface area contributed by atoms with E-state index in [0.717, 1.165) is 41.5 Å². The van der Waals surface area contributed by atoms with Crippen LogP contribution < -0.4 is 0 Å². The molecule has 11 heteroatoms. The molecule has 1 amide bonds. The molecule has 0 saturated carbocycles. The van der Waals surface area contributed by atoms with Crippen LogP contribution >= 0.6 is 0 Å². The van der Waals surface area contributed by atoms with Gasteiger partial charge in [0.25, 0.3) is 10.0 Å². The molecule has 3 aromatic carbocycles. The molecule has 1 fully saturated rings. The molecule has 6 aromatic rings. The second kappa shape index (κ2) is 14.0. The minimum Gasteiger partial charge on any atom is -0.444 e. The molecular formula is C41H42FN5O4S. The second-order valence-corrected chi connectivity index (χ2v) is 16.4. The smallest absolute Gasteiger partial charge is 0.410 e. The number of carbonyl (C=O) groups is 1. The van der Waals surface area contributed by atoms with Gasteiger partial charge in [-0.1, -0.05) is 54.1 Å². The Bertz CT molecular complexity index is 2350. The van der Waals surface area contributed by atoms with Crippen molar-refractivity contribution in [3.05, 3.63) is 126 Å². The monoisotopic (exact) mass is 719 g/mol. The van der Waals surface area contributed by atoms with Gasteiger partial charge in [0, 0.05) is 53.8 Å². The van der Waals surface area contributed by atoms with Crippen molar-refractivity contribution in [3.8, 4) is 22.3 Å². The molecule has 7 rings (SSSR count). The van der Waals surface area contributed by atoms with E-state index in [4.69, 9.17) is 9.72 Å². The average Bonchev–Trinajstić information content (AvgIpc) is 3.73. The van der Waals surface area contributed by atoms with E-state index in [1.807, 2.05) is 58.2 Å². The molecule has 0 unspecified atom stereocenters. The molecule has 0 bridgehead atoms. The summed E-state index contributed by atoms with van der Waals surface area (Å²) in [5, 5.41) is 5.19. The predicted molar refractivity (Wildman–Crippen MR) is 200 cm³/mol. The molecule has 0 spiro atoms. The molecule has 3 aromatic heterocycles. The molecule has 4 heterocycles. The van der Waals surface area contributed by atoms with E-state index in [-0.39, 0.29) is 16.8 Å². The number of halogens is 1. The SMILES string of the molecule is Cc1ccc(S(=O)(=O)n2cc(-c3cnn(Cc4cccc(F)c4)c3)c3cc(-c4cccc(CC5CCN(C(=O)OC(C)(C)C)CC5)c4)cnc32)cc1. The first-order valence-corrected chi connectivity index (χ1v) is 18.9. The highest BCUT2D eigenvalue weighted by atomic mass is 32.2. The van der Waals surface area contributed by atoms with Gasteiger partial charge in [0.15, 0.2) is 5.65 Å². The lowest BCUT2D eigenvalue weighted by atomic mass is 9.89. The summed E-state index contributed by atoms with van der Waals surface area (Å²) in [4.78, 5) is 19.3. The summed E-state index contributed by atoms with van der Waals surface area (Å²) >= 11 is 0. The fraction of sp³-hybridized carbons (Fsp3) is 0.293. The number of pyridine rings is 1. The van der Waals surface area contributed by atoms with Gasteiger partial charge in [0.05, 0.1) is 17.6 Å². The Labute approximate surface area is 303 Å². The number of likely N-dealkylation sites (tertiary alicyclic amines) is 1. The Morgan fingerprint density at radius 2 is 1.62 bits per heavy atom. The fourth-order valence-electron chi connectivity index (χ4n) is 6.74. The maximum atomic E-state index is 14.0. The van der Waals surface area contributed by atoms with Crippen LogP contribution in [0.15, 0.2) is 109 Å². The van der Waals surface area contributed by atoms with Crippen molar-refractivity contribution in [2.24, 2.45) is 5.92 Å². The van der Waals surface area contributed by atoms with Gasteiger partial charge in [-0.3, -0.25) is 4.68 Å². The third-order valence-corrected chi connectivity index (χ3v) is 11.1.